The van der Waals surface area contributed by atoms with Crippen LogP contribution in [-0.2, 0) is 4.79 Å². The maximum Gasteiger partial charge on any atom is 0.255 e. The standard InChI is InChI=1S/C18H26N4O2/c1-13-4-5-14(12-19-13)18(24)22-9-8-16-15(22)6-7-17(23)21(16)11-10-20(2)3/h4-5,12,15-16H,6-11H2,1-3H3/t15-,16-/m1/s1. The van der Waals surface area contributed by atoms with Crippen LogP contribution < -0.4 is 0 Å². The zero-order valence-corrected chi connectivity index (χ0v) is 14.7. The number of likely N-dealkylation sites (N-methyl/N-ethyl adjacent to an activating group) is 1. The minimum Gasteiger partial charge on any atom is -0.336 e. The number of carbonyl (C=O) groups excluding carboxylic acids is 2. The van der Waals surface area contributed by atoms with Gasteiger partial charge in [0.2, 0.25) is 5.91 Å². The molecule has 3 heterocycles. The number of carbonyl (C=O) groups is 2. The van der Waals surface area contributed by atoms with E-state index in [1.807, 2.05) is 43.0 Å². The largest absolute Gasteiger partial charge is 0.336 e. The Balaban J connectivity index is 1.73. The second-order valence-electron chi connectivity index (χ2n) is 7.04. The maximum absolute atomic E-state index is 12.8. The molecule has 2 saturated heterocycles. The van der Waals surface area contributed by atoms with Gasteiger partial charge in [0.25, 0.3) is 5.91 Å². The van der Waals surface area contributed by atoms with E-state index in [9.17, 15) is 9.59 Å². The smallest absolute Gasteiger partial charge is 0.255 e. The molecule has 130 valence electrons. The molecule has 0 saturated carbocycles. The van der Waals surface area contributed by atoms with Crippen LogP contribution >= 0.6 is 0 Å². The van der Waals surface area contributed by atoms with Crippen LogP contribution in [-0.4, -0.2) is 77.3 Å². The number of fused-ring (bicyclic) bond motifs is 1. The fraction of sp³-hybridized carbons (Fsp3) is 0.611. The summed E-state index contributed by atoms with van der Waals surface area (Å²) in [7, 11) is 4.03. The average Bonchev–Trinajstić information content (AvgIpc) is 2.97. The predicted molar refractivity (Wildman–Crippen MR) is 91.7 cm³/mol. The van der Waals surface area contributed by atoms with E-state index in [4.69, 9.17) is 0 Å². The van der Waals surface area contributed by atoms with E-state index < -0.39 is 0 Å². The first-order chi connectivity index (χ1) is 11.5. The zero-order valence-electron chi connectivity index (χ0n) is 14.7. The lowest BCUT2D eigenvalue weighted by Gasteiger charge is -2.40. The van der Waals surface area contributed by atoms with Gasteiger partial charge in [0.05, 0.1) is 17.6 Å². The Bertz CT molecular complexity index is 614. The van der Waals surface area contributed by atoms with Gasteiger partial charge in [-0.25, -0.2) is 0 Å². The number of hydrogen-bond acceptors (Lipinski definition) is 4. The van der Waals surface area contributed by atoms with Gasteiger partial charge in [-0.3, -0.25) is 14.6 Å². The van der Waals surface area contributed by atoms with E-state index in [0.717, 1.165) is 31.6 Å². The summed E-state index contributed by atoms with van der Waals surface area (Å²) in [6.45, 7) is 4.22. The number of aryl methyl sites for hydroxylation is 1. The van der Waals surface area contributed by atoms with Gasteiger partial charge in [-0.05, 0) is 46.0 Å². The molecule has 6 heteroatoms. The molecule has 0 N–H and O–H groups in total. The van der Waals surface area contributed by atoms with E-state index in [-0.39, 0.29) is 23.9 Å². The number of aromatic nitrogens is 1. The lowest BCUT2D eigenvalue weighted by molar-refractivity contribution is -0.137. The molecule has 0 aliphatic carbocycles. The highest BCUT2D eigenvalue weighted by Crippen LogP contribution is 2.32. The molecule has 2 aliphatic rings. The lowest BCUT2D eigenvalue weighted by atomic mass is 9.96. The first-order valence-corrected chi connectivity index (χ1v) is 8.65. The second-order valence-corrected chi connectivity index (χ2v) is 7.04. The fourth-order valence-electron chi connectivity index (χ4n) is 3.76. The summed E-state index contributed by atoms with van der Waals surface area (Å²) in [5.74, 6) is 0.265. The van der Waals surface area contributed by atoms with Crippen molar-refractivity contribution < 1.29 is 9.59 Å². The first-order valence-electron chi connectivity index (χ1n) is 8.65. The lowest BCUT2D eigenvalue weighted by Crippen LogP contribution is -2.54. The molecule has 0 bridgehead atoms. The molecule has 2 amide bonds. The third kappa shape index (κ3) is 3.29. The van der Waals surface area contributed by atoms with Crippen LogP contribution in [0.3, 0.4) is 0 Å². The molecule has 24 heavy (non-hydrogen) atoms. The molecule has 2 atom stereocenters. The minimum absolute atomic E-state index is 0.0388. The van der Waals surface area contributed by atoms with Crippen molar-refractivity contribution in [2.45, 2.75) is 38.3 Å². The monoisotopic (exact) mass is 330 g/mol. The Kier molecular flexibility index (Phi) is 4.85. The van der Waals surface area contributed by atoms with Gasteiger partial charge in [0.1, 0.15) is 0 Å². The molecule has 6 nitrogen and oxygen atoms in total. The normalized spacial score (nSPS) is 23.8. The molecular formula is C18H26N4O2. The Labute approximate surface area is 143 Å². The number of rotatable bonds is 4. The number of nitrogens with zero attached hydrogens (tertiary/aromatic N) is 4. The van der Waals surface area contributed by atoms with E-state index in [0.29, 0.717) is 18.5 Å². The first kappa shape index (κ1) is 16.9. The van der Waals surface area contributed by atoms with Gasteiger partial charge in [0, 0.05) is 37.9 Å². The van der Waals surface area contributed by atoms with Crippen molar-refractivity contribution >= 4 is 11.8 Å². The number of pyridine rings is 1. The fourth-order valence-corrected chi connectivity index (χ4v) is 3.76. The highest BCUT2D eigenvalue weighted by Gasteiger charge is 2.44. The minimum atomic E-state index is 0.0388. The van der Waals surface area contributed by atoms with Crippen LogP contribution in [0.5, 0.6) is 0 Å². The van der Waals surface area contributed by atoms with E-state index in [1.165, 1.54) is 0 Å². The van der Waals surface area contributed by atoms with E-state index >= 15 is 0 Å². The maximum atomic E-state index is 12.8. The van der Waals surface area contributed by atoms with Crippen LogP contribution in [0.25, 0.3) is 0 Å². The van der Waals surface area contributed by atoms with Gasteiger partial charge < -0.3 is 14.7 Å². The zero-order chi connectivity index (χ0) is 17.3. The van der Waals surface area contributed by atoms with Crippen molar-refractivity contribution in [3.8, 4) is 0 Å². The molecule has 0 unspecified atom stereocenters. The topological polar surface area (TPSA) is 56.8 Å². The number of amides is 2. The summed E-state index contributed by atoms with van der Waals surface area (Å²) in [6.07, 6.45) is 3.83. The van der Waals surface area contributed by atoms with Crippen LogP contribution in [0.15, 0.2) is 18.3 Å². The number of likely N-dealkylation sites (tertiary alicyclic amines) is 2. The Morgan fingerprint density at radius 2 is 2.08 bits per heavy atom. The van der Waals surface area contributed by atoms with Crippen molar-refractivity contribution in [1.29, 1.82) is 0 Å². The summed E-state index contributed by atoms with van der Waals surface area (Å²) in [5, 5.41) is 0. The van der Waals surface area contributed by atoms with E-state index in [1.54, 1.807) is 6.20 Å². The van der Waals surface area contributed by atoms with Crippen molar-refractivity contribution in [2.24, 2.45) is 0 Å². The Hall–Kier alpha value is -1.95. The molecule has 2 fully saturated rings. The van der Waals surface area contributed by atoms with Crippen molar-refractivity contribution in [3.63, 3.8) is 0 Å². The third-order valence-electron chi connectivity index (χ3n) is 5.09. The van der Waals surface area contributed by atoms with Crippen LogP contribution in [0.1, 0.15) is 35.3 Å². The number of piperidine rings is 1. The average molecular weight is 330 g/mol. The summed E-state index contributed by atoms with van der Waals surface area (Å²) in [6, 6.07) is 4.01. The second kappa shape index (κ2) is 6.89. The summed E-state index contributed by atoms with van der Waals surface area (Å²) in [5.41, 5.74) is 1.54. The molecule has 0 spiro atoms. The summed E-state index contributed by atoms with van der Waals surface area (Å²) < 4.78 is 0. The highest BCUT2D eigenvalue weighted by atomic mass is 16.2. The van der Waals surface area contributed by atoms with Crippen LogP contribution in [0, 0.1) is 6.92 Å². The molecule has 1 aromatic heterocycles. The van der Waals surface area contributed by atoms with Gasteiger partial charge in [-0.15, -0.1) is 0 Å². The Morgan fingerprint density at radius 1 is 1.29 bits per heavy atom. The van der Waals surface area contributed by atoms with Gasteiger partial charge in [0.15, 0.2) is 0 Å². The molecular weight excluding hydrogens is 304 g/mol. The summed E-state index contributed by atoms with van der Waals surface area (Å²) in [4.78, 5) is 35.4. The molecule has 0 aromatic carbocycles. The quantitative estimate of drug-likeness (QED) is 0.831. The SMILES string of the molecule is Cc1ccc(C(=O)N2CC[C@@H]3[C@H]2CCC(=O)N3CCN(C)C)cn1. The third-order valence-corrected chi connectivity index (χ3v) is 5.09. The molecule has 2 aliphatic heterocycles. The van der Waals surface area contributed by atoms with Gasteiger partial charge in [-0.1, -0.05) is 0 Å². The molecule has 3 rings (SSSR count). The molecule has 1 aromatic rings. The molecule has 0 radical (unpaired) electrons. The van der Waals surface area contributed by atoms with E-state index in [2.05, 4.69) is 9.88 Å². The Morgan fingerprint density at radius 3 is 2.75 bits per heavy atom. The highest BCUT2D eigenvalue weighted by molar-refractivity contribution is 5.94. The predicted octanol–water partition coefficient (Wildman–Crippen LogP) is 1.16. The van der Waals surface area contributed by atoms with Crippen LogP contribution in [0.4, 0.5) is 0 Å². The van der Waals surface area contributed by atoms with Gasteiger partial charge in [-0.2, -0.15) is 0 Å². The van der Waals surface area contributed by atoms with Gasteiger partial charge >= 0.3 is 0 Å². The van der Waals surface area contributed by atoms with Crippen molar-refractivity contribution in [2.75, 3.05) is 33.7 Å². The van der Waals surface area contributed by atoms with Crippen molar-refractivity contribution in [3.05, 3.63) is 29.6 Å². The summed E-state index contributed by atoms with van der Waals surface area (Å²) >= 11 is 0. The van der Waals surface area contributed by atoms with Crippen molar-refractivity contribution in [1.82, 2.24) is 19.7 Å². The van der Waals surface area contributed by atoms with Crippen LogP contribution in [0.2, 0.25) is 0 Å². The number of hydrogen-bond donors (Lipinski definition) is 0.